The summed E-state index contributed by atoms with van der Waals surface area (Å²) < 4.78 is 42.5. The van der Waals surface area contributed by atoms with Gasteiger partial charge in [0.25, 0.3) is 5.91 Å². The van der Waals surface area contributed by atoms with Crippen LogP contribution in [0.3, 0.4) is 0 Å². The summed E-state index contributed by atoms with van der Waals surface area (Å²) in [6.07, 6.45) is 1.44. The van der Waals surface area contributed by atoms with Gasteiger partial charge in [-0.3, -0.25) is 4.79 Å². The Kier molecular flexibility index (Phi) is 6.35. The van der Waals surface area contributed by atoms with Crippen molar-refractivity contribution in [2.24, 2.45) is 0 Å². The van der Waals surface area contributed by atoms with E-state index in [0.717, 1.165) is 22.7 Å². The van der Waals surface area contributed by atoms with Gasteiger partial charge in [0.2, 0.25) is 16.8 Å². The molecule has 1 fully saturated rings. The summed E-state index contributed by atoms with van der Waals surface area (Å²) in [5.74, 6) is 0.951. The van der Waals surface area contributed by atoms with Crippen LogP contribution in [0.15, 0.2) is 41.3 Å². The fourth-order valence-electron chi connectivity index (χ4n) is 3.95. The van der Waals surface area contributed by atoms with Crippen molar-refractivity contribution in [3.8, 4) is 11.5 Å². The molecule has 2 aliphatic rings. The number of hydrogen-bond acceptors (Lipinski definition) is 6. The highest BCUT2D eigenvalue weighted by atomic mass is 35.5. The van der Waals surface area contributed by atoms with E-state index >= 15 is 0 Å². The Hall–Kier alpha value is -2.33. The molecule has 1 amide bonds. The number of rotatable bonds is 6. The van der Waals surface area contributed by atoms with Gasteiger partial charge in [-0.1, -0.05) is 17.7 Å². The van der Waals surface area contributed by atoms with Crippen molar-refractivity contribution in [1.82, 2.24) is 9.62 Å². The standard InChI is InChI=1S/C22H25ClN2O6S/c1-25(2)32(27,28)16-4-5-18(23)17(12-16)21(26)24-13-22(7-9-29-10-8-22)15-3-6-19-20(11-15)31-14-30-19/h3-6,11-12H,7-10,13-14H2,1-2H3,(H,24,26). The van der Waals surface area contributed by atoms with Crippen molar-refractivity contribution >= 4 is 27.5 Å². The molecule has 1 N–H and O–H groups in total. The number of sulfonamides is 1. The van der Waals surface area contributed by atoms with Crippen LogP contribution < -0.4 is 14.8 Å². The number of nitrogens with zero attached hydrogens (tertiary/aromatic N) is 1. The quantitative estimate of drug-likeness (QED) is 0.683. The number of amides is 1. The topological polar surface area (TPSA) is 94.2 Å². The van der Waals surface area contributed by atoms with Gasteiger partial charge < -0.3 is 19.5 Å². The van der Waals surface area contributed by atoms with Gasteiger partial charge in [0.15, 0.2) is 11.5 Å². The Morgan fingerprint density at radius 1 is 1.09 bits per heavy atom. The van der Waals surface area contributed by atoms with E-state index in [-0.39, 0.29) is 27.7 Å². The van der Waals surface area contributed by atoms with Crippen molar-refractivity contribution in [3.63, 3.8) is 0 Å². The summed E-state index contributed by atoms with van der Waals surface area (Å²) in [5, 5.41) is 3.15. The number of benzene rings is 2. The van der Waals surface area contributed by atoms with Gasteiger partial charge in [0.1, 0.15) is 0 Å². The SMILES string of the molecule is CN(C)S(=O)(=O)c1ccc(Cl)c(C(=O)NCC2(c3ccc4c(c3)OCO4)CCOCC2)c1. The van der Waals surface area contributed by atoms with E-state index in [1.54, 1.807) is 0 Å². The van der Waals surface area contributed by atoms with Gasteiger partial charge >= 0.3 is 0 Å². The molecule has 0 aliphatic carbocycles. The number of ether oxygens (including phenoxy) is 3. The van der Waals surface area contributed by atoms with Gasteiger partial charge in [-0.05, 0) is 48.7 Å². The van der Waals surface area contributed by atoms with E-state index in [2.05, 4.69) is 5.32 Å². The number of halogens is 1. The van der Waals surface area contributed by atoms with Crippen molar-refractivity contribution in [3.05, 3.63) is 52.5 Å². The molecule has 0 spiro atoms. The van der Waals surface area contributed by atoms with Gasteiger partial charge in [0, 0.05) is 39.3 Å². The van der Waals surface area contributed by atoms with Crippen LogP contribution in [0.4, 0.5) is 0 Å². The van der Waals surface area contributed by atoms with E-state index in [4.69, 9.17) is 25.8 Å². The summed E-state index contributed by atoms with van der Waals surface area (Å²) >= 11 is 6.24. The molecule has 0 aromatic heterocycles. The predicted molar refractivity (Wildman–Crippen MR) is 119 cm³/mol. The summed E-state index contributed by atoms with van der Waals surface area (Å²) in [6, 6.07) is 9.95. The van der Waals surface area contributed by atoms with Gasteiger partial charge in [0.05, 0.1) is 15.5 Å². The first-order valence-corrected chi connectivity index (χ1v) is 12.0. The first-order chi connectivity index (χ1) is 15.2. The lowest BCUT2D eigenvalue weighted by molar-refractivity contribution is 0.0486. The monoisotopic (exact) mass is 480 g/mol. The lowest BCUT2D eigenvalue weighted by atomic mass is 9.74. The molecule has 10 heteroatoms. The molecule has 0 saturated carbocycles. The van der Waals surface area contributed by atoms with E-state index in [1.807, 2.05) is 18.2 Å². The molecule has 2 heterocycles. The van der Waals surface area contributed by atoms with Crippen LogP contribution in [0.5, 0.6) is 11.5 Å². The van der Waals surface area contributed by atoms with Crippen LogP contribution in [0.1, 0.15) is 28.8 Å². The van der Waals surface area contributed by atoms with Crippen molar-refractivity contribution in [2.45, 2.75) is 23.2 Å². The summed E-state index contributed by atoms with van der Waals surface area (Å²) in [6.45, 7) is 1.68. The van der Waals surface area contributed by atoms with E-state index < -0.39 is 15.9 Å². The highest BCUT2D eigenvalue weighted by molar-refractivity contribution is 7.89. The van der Waals surface area contributed by atoms with Crippen molar-refractivity contribution < 1.29 is 27.4 Å². The first-order valence-electron chi connectivity index (χ1n) is 10.2. The second-order valence-corrected chi connectivity index (χ2v) is 10.6. The maximum Gasteiger partial charge on any atom is 0.252 e. The second-order valence-electron chi connectivity index (χ2n) is 8.07. The third-order valence-electron chi connectivity index (χ3n) is 5.98. The van der Waals surface area contributed by atoms with Gasteiger partial charge in [-0.15, -0.1) is 0 Å². The minimum atomic E-state index is -3.69. The molecule has 0 unspecified atom stereocenters. The third kappa shape index (κ3) is 4.30. The maximum absolute atomic E-state index is 13.0. The van der Waals surface area contributed by atoms with Crippen LogP contribution in [0.25, 0.3) is 0 Å². The Morgan fingerprint density at radius 3 is 2.53 bits per heavy atom. The zero-order chi connectivity index (χ0) is 22.9. The number of nitrogens with one attached hydrogen (secondary N) is 1. The lowest BCUT2D eigenvalue weighted by Gasteiger charge is -2.38. The minimum Gasteiger partial charge on any atom is -0.454 e. The fraction of sp³-hybridized carbons (Fsp3) is 0.409. The van der Waals surface area contributed by atoms with Crippen LogP contribution >= 0.6 is 11.6 Å². The van der Waals surface area contributed by atoms with Crippen molar-refractivity contribution in [2.75, 3.05) is 40.6 Å². The molecule has 2 aliphatic heterocycles. The zero-order valence-electron chi connectivity index (χ0n) is 17.9. The Balaban J connectivity index is 1.59. The lowest BCUT2D eigenvalue weighted by Crippen LogP contribution is -2.44. The Labute approximate surface area is 192 Å². The number of carbonyl (C=O) groups is 1. The molecule has 32 heavy (non-hydrogen) atoms. The molecule has 2 aromatic carbocycles. The zero-order valence-corrected chi connectivity index (χ0v) is 19.5. The number of carbonyl (C=O) groups excluding carboxylic acids is 1. The van der Waals surface area contributed by atoms with E-state index in [1.165, 1.54) is 32.3 Å². The van der Waals surface area contributed by atoms with E-state index in [9.17, 15) is 13.2 Å². The molecule has 8 nitrogen and oxygen atoms in total. The summed E-state index contributed by atoms with van der Waals surface area (Å²) in [4.78, 5) is 13.0. The molecular formula is C22H25ClN2O6S. The summed E-state index contributed by atoms with van der Waals surface area (Å²) in [7, 11) is -0.825. The van der Waals surface area contributed by atoms with Crippen molar-refractivity contribution in [1.29, 1.82) is 0 Å². The molecular weight excluding hydrogens is 456 g/mol. The van der Waals surface area contributed by atoms with Crippen LogP contribution in [-0.4, -0.2) is 59.3 Å². The molecule has 0 bridgehead atoms. The molecule has 0 atom stereocenters. The first kappa shape index (κ1) is 22.8. The largest absolute Gasteiger partial charge is 0.454 e. The molecule has 172 valence electrons. The average Bonchev–Trinajstić information content (AvgIpc) is 3.26. The fourth-order valence-corrected chi connectivity index (χ4v) is 5.08. The normalized spacial score (nSPS) is 17.4. The Bertz CT molecular complexity index is 1130. The maximum atomic E-state index is 13.0. The summed E-state index contributed by atoms with van der Waals surface area (Å²) in [5.41, 5.74) is 0.789. The van der Waals surface area contributed by atoms with Crippen LogP contribution in [0.2, 0.25) is 5.02 Å². The van der Waals surface area contributed by atoms with Crippen LogP contribution in [0, 0.1) is 0 Å². The minimum absolute atomic E-state index is 0.00796. The molecule has 2 aromatic rings. The predicted octanol–water partition coefficient (Wildman–Crippen LogP) is 2.80. The number of fused-ring (bicyclic) bond motifs is 1. The second kappa shape index (κ2) is 8.90. The molecule has 1 saturated heterocycles. The van der Waals surface area contributed by atoms with E-state index in [0.29, 0.717) is 31.3 Å². The Morgan fingerprint density at radius 2 is 1.81 bits per heavy atom. The van der Waals surface area contributed by atoms with Crippen LogP contribution in [-0.2, 0) is 20.2 Å². The highest BCUT2D eigenvalue weighted by Crippen LogP contribution is 2.40. The number of hydrogen-bond donors (Lipinski definition) is 1. The molecule has 4 rings (SSSR count). The van der Waals surface area contributed by atoms with Gasteiger partial charge in [-0.2, -0.15) is 0 Å². The highest BCUT2D eigenvalue weighted by Gasteiger charge is 2.36. The average molecular weight is 481 g/mol. The smallest absolute Gasteiger partial charge is 0.252 e. The van der Waals surface area contributed by atoms with Gasteiger partial charge in [-0.25, -0.2) is 12.7 Å². The third-order valence-corrected chi connectivity index (χ3v) is 8.12. The molecule has 0 radical (unpaired) electrons.